The molecule has 0 heterocycles. The second-order valence-corrected chi connectivity index (χ2v) is 4.88. The van der Waals surface area contributed by atoms with Crippen LogP contribution in [0.4, 0.5) is 0 Å². The SMILES string of the molecule is CC(=O)/C(=C/C=C/c1ccccc1)C(=O)CCN(C)C. The first-order valence-corrected chi connectivity index (χ1v) is 6.63. The summed E-state index contributed by atoms with van der Waals surface area (Å²) in [5, 5.41) is 0. The highest BCUT2D eigenvalue weighted by Gasteiger charge is 2.13. The molecule has 20 heavy (non-hydrogen) atoms. The van der Waals surface area contributed by atoms with Gasteiger partial charge in [0.1, 0.15) is 0 Å². The summed E-state index contributed by atoms with van der Waals surface area (Å²) < 4.78 is 0. The van der Waals surface area contributed by atoms with Gasteiger partial charge in [-0.15, -0.1) is 0 Å². The quantitative estimate of drug-likeness (QED) is 0.331. The van der Waals surface area contributed by atoms with Gasteiger partial charge in [0.2, 0.25) is 0 Å². The minimum Gasteiger partial charge on any atom is -0.309 e. The normalized spacial score (nSPS) is 12.1. The molecule has 1 aromatic carbocycles. The first kappa shape index (κ1) is 16.1. The van der Waals surface area contributed by atoms with E-state index in [-0.39, 0.29) is 17.1 Å². The number of benzene rings is 1. The van der Waals surface area contributed by atoms with Gasteiger partial charge in [0.15, 0.2) is 11.6 Å². The number of carbonyl (C=O) groups is 2. The second kappa shape index (κ2) is 8.23. The van der Waals surface area contributed by atoms with E-state index in [0.717, 1.165) is 5.56 Å². The van der Waals surface area contributed by atoms with Crippen LogP contribution in [0.3, 0.4) is 0 Å². The van der Waals surface area contributed by atoms with E-state index in [1.165, 1.54) is 6.92 Å². The maximum atomic E-state index is 12.0. The molecular weight excluding hydrogens is 250 g/mol. The van der Waals surface area contributed by atoms with E-state index in [9.17, 15) is 9.59 Å². The van der Waals surface area contributed by atoms with Crippen LogP contribution in [0.5, 0.6) is 0 Å². The lowest BCUT2D eigenvalue weighted by Crippen LogP contribution is -2.19. The van der Waals surface area contributed by atoms with Gasteiger partial charge in [0, 0.05) is 13.0 Å². The van der Waals surface area contributed by atoms with E-state index in [0.29, 0.717) is 13.0 Å². The highest BCUT2D eigenvalue weighted by molar-refractivity contribution is 6.19. The number of nitrogens with zero attached hydrogens (tertiary/aromatic N) is 1. The Morgan fingerprint density at radius 3 is 2.35 bits per heavy atom. The fourth-order valence-corrected chi connectivity index (χ4v) is 1.69. The van der Waals surface area contributed by atoms with Crippen LogP contribution in [0.25, 0.3) is 6.08 Å². The zero-order valence-electron chi connectivity index (χ0n) is 12.3. The van der Waals surface area contributed by atoms with Crippen molar-refractivity contribution in [3.8, 4) is 0 Å². The number of carbonyl (C=O) groups excluding carboxylic acids is 2. The molecule has 0 amide bonds. The van der Waals surface area contributed by atoms with E-state index in [2.05, 4.69) is 0 Å². The number of hydrogen-bond donors (Lipinski definition) is 0. The predicted octanol–water partition coefficient (Wildman–Crippen LogP) is 2.74. The number of rotatable bonds is 7. The van der Waals surface area contributed by atoms with Crippen LogP contribution in [0, 0.1) is 0 Å². The van der Waals surface area contributed by atoms with Crippen molar-refractivity contribution < 1.29 is 9.59 Å². The fourth-order valence-electron chi connectivity index (χ4n) is 1.69. The van der Waals surface area contributed by atoms with E-state index >= 15 is 0 Å². The van der Waals surface area contributed by atoms with E-state index in [4.69, 9.17) is 0 Å². The second-order valence-electron chi connectivity index (χ2n) is 4.88. The molecule has 0 unspecified atom stereocenters. The Hall–Kier alpha value is -2.00. The highest BCUT2D eigenvalue weighted by Crippen LogP contribution is 2.06. The van der Waals surface area contributed by atoms with Crippen molar-refractivity contribution in [1.82, 2.24) is 4.90 Å². The molecule has 106 valence electrons. The van der Waals surface area contributed by atoms with Crippen molar-refractivity contribution in [2.45, 2.75) is 13.3 Å². The molecule has 3 nitrogen and oxygen atoms in total. The summed E-state index contributed by atoms with van der Waals surface area (Å²) in [7, 11) is 3.81. The minimum atomic E-state index is -0.188. The van der Waals surface area contributed by atoms with Crippen molar-refractivity contribution in [2.24, 2.45) is 0 Å². The summed E-state index contributed by atoms with van der Waals surface area (Å²) in [6.45, 7) is 2.07. The standard InChI is InChI=1S/C17H21NO2/c1-14(19)16(17(20)12-13-18(2)3)11-7-10-15-8-5-4-6-9-15/h4-11H,12-13H2,1-3H3/b10-7+,16-11-. The Labute approximate surface area is 120 Å². The van der Waals surface area contributed by atoms with Gasteiger partial charge in [-0.05, 0) is 32.7 Å². The van der Waals surface area contributed by atoms with E-state index < -0.39 is 0 Å². The number of Topliss-reactive ketones (excluding diaryl/α,β-unsaturated/α-hetero) is 2. The maximum Gasteiger partial charge on any atom is 0.167 e. The van der Waals surface area contributed by atoms with Gasteiger partial charge in [-0.1, -0.05) is 42.5 Å². The summed E-state index contributed by atoms with van der Waals surface area (Å²) >= 11 is 0. The zero-order chi connectivity index (χ0) is 15.0. The van der Waals surface area contributed by atoms with Crippen LogP contribution < -0.4 is 0 Å². The van der Waals surface area contributed by atoms with Gasteiger partial charge in [-0.3, -0.25) is 9.59 Å². The average Bonchev–Trinajstić information content (AvgIpc) is 2.41. The molecule has 0 radical (unpaired) electrons. The highest BCUT2D eigenvalue weighted by atomic mass is 16.1. The largest absolute Gasteiger partial charge is 0.309 e. The molecule has 0 aliphatic heterocycles. The lowest BCUT2D eigenvalue weighted by atomic mass is 10.0. The average molecular weight is 271 g/mol. The maximum absolute atomic E-state index is 12.0. The van der Waals surface area contributed by atoms with Gasteiger partial charge in [-0.2, -0.15) is 0 Å². The van der Waals surface area contributed by atoms with Crippen LogP contribution in [-0.4, -0.2) is 37.1 Å². The van der Waals surface area contributed by atoms with E-state index in [1.54, 1.807) is 12.2 Å². The third kappa shape index (κ3) is 5.76. The van der Waals surface area contributed by atoms with Crippen molar-refractivity contribution in [1.29, 1.82) is 0 Å². The van der Waals surface area contributed by atoms with Crippen LogP contribution in [-0.2, 0) is 9.59 Å². The summed E-state index contributed by atoms with van der Waals surface area (Å²) in [6, 6.07) is 9.76. The van der Waals surface area contributed by atoms with Crippen LogP contribution in [0.15, 0.2) is 48.1 Å². The van der Waals surface area contributed by atoms with Crippen molar-refractivity contribution in [3.63, 3.8) is 0 Å². The molecule has 0 spiro atoms. The predicted molar refractivity (Wildman–Crippen MR) is 82.4 cm³/mol. The minimum absolute atomic E-state index is 0.107. The van der Waals surface area contributed by atoms with Gasteiger partial charge < -0.3 is 4.90 Å². The molecule has 0 aliphatic rings. The fraction of sp³-hybridized carbons (Fsp3) is 0.294. The van der Waals surface area contributed by atoms with E-state index in [1.807, 2.05) is 55.4 Å². The molecule has 1 rings (SSSR count). The molecule has 0 atom stereocenters. The van der Waals surface area contributed by atoms with Crippen LogP contribution in [0.2, 0.25) is 0 Å². The number of hydrogen-bond acceptors (Lipinski definition) is 3. The summed E-state index contributed by atoms with van der Waals surface area (Å²) in [5.41, 5.74) is 1.30. The molecule has 0 fully saturated rings. The molecule has 0 aliphatic carbocycles. The smallest absolute Gasteiger partial charge is 0.167 e. The summed E-state index contributed by atoms with van der Waals surface area (Å²) in [4.78, 5) is 25.4. The number of allylic oxidation sites excluding steroid dienone is 3. The van der Waals surface area contributed by atoms with Gasteiger partial charge in [0.25, 0.3) is 0 Å². The molecular formula is C17H21NO2. The van der Waals surface area contributed by atoms with Gasteiger partial charge >= 0.3 is 0 Å². The molecule has 0 saturated carbocycles. The third-order valence-corrected chi connectivity index (χ3v) is 2.82. The van der Waals surface area contributed by atoms with Crippen molar-refractivity contribution in [3.05, 3.63) is 53.6 Å². The van der Waals surface area contributed by atoms with Crippen molar-refractivity contribution >= 4 is 17.6 Å². The van der Waals surface area contributed by atoms with Gasteiger partial charge in [0.05, 0.1) is 5.57 Å². The molecule has 1 aromatic rings. The molecule has 0 bridgehead atoms. The lowest BCUT2D eigenvalue weighted by Gasteiger charge is -2.08. The number of ketones is 2. The topological polar surface area (TPSA) is 37.4 Å². The Bertz CT molecular complexity index is 513. The Morgan fingerprint density at radius 1 is 1.15 bits per heavy atom. The summed E-state index contributed by atoms with van der Waals surface area (Å²) in [5.74, 6) is -0.296. The van der Waals surface area contributed by atoms with Crippen LogP contribution in [0.1, 0.15) is 18.9 Å². The van der Waals surface area contributed by atoms with Gasteiger partial charge in [-0.25, -0.2) is 0 Å². The van der Waals surface area contributed by atoms with Crippen molar-refractivity contribution in [2.75, 3.05) is 20.6 Å². The molecule has 0 aromatic heterocycles. The first-order valence-electron chi connectivity index (χ1n) is 6.63. The Balaban J connectivity index is 2.75. The summed E-state index contributed by atoms with van der Waals surface area (Å²) in [6.07, 6.45) is 5.59. The Kier molecular flexibility index (Phi) is 6.60. The lowest BCUT2D eigenvalue weighted by molar-refractivity contribution is -0.120. The third-order valence-electron chi connectivity index (χ3n) is 2.82. The zero-order valence-corrected chi connectivity index (χ0v) is 12.3. The molecule has 0 saturated heterocycles. The Morgan fingerprint density at radius 2 is 1.80 bits per heavy atom. The first-order chi connectivity index (χ1) is 9.50. The molecule has 0 N–H and O–H groups in total. The monoisotopic (exact) mass is 271 g/mol. The van der Waals surface area contributed by atoms with Crippen LogP contribution >= 0.6 is 0 Å². The molecule has 3 heteroatoms.